The number of carbonyl (C=O) groups excluding carboxylic acids is 1. The fourth-order valence-electron chi connectivity index (χ4n) is 2.47. The zero-order chi connectivity index (χ0) is 15.1. The minimum absolute atomic E-state index is 0.0529. The van der Waals surface area contributed by atoms with Gasteiger partial charge in [0.2, 0.25) is 5.91 Å². The van der Waals surface area contributed by atoms with E-state index in [-0.39, 0.29) is 24.5 Å². The molecule has 4 heteroatoms. The molecule has 0 aliphatic heterocycles. The van der Waals surface area contributed by atoms with Crippen LogP contribution in [0.2, 0.25) is 0 Å². The molecule has 0 saturated heterocycles. The third-order valence-electron chi connectivity index (χ3n) is 3.63. The number of nitrogens with one attached hydrogen (secondary N) is 1. The maximum atomic E-state index is 11.9. The predicted molar refractivity (Wildman–Crippen MR) is 82.2 cm³/mol. The number of aryl methyl sites for hydroxylation is 1. The van der Waals surface area contributed by atoms with Crippen LogP contribution in [-0.4, -0.2) is 30.3 Å². The van der Waals surface area contributed by atoms with Crippen molar-refractivity contribution in [2.24, 2.45) is 5.92 Å². The van der Waals surface area contributed by atoms with Gasteiger partial charge in [0.1, 0.15) is 5.75 Å². The molecule has 0 unspecified atom stereocenters. The number of aliphatic hydroxyl groups excluding tert-OH is 1. The molecule has 1 aromatic rings. The summed E-state index contributed by atoms with van der Waals surface area (Å²) < 4.78 is 5.39. The van der Waals surface area contributed by atoms with Crippen LogP contribution in [0, 0.1) is 5.92 Å². The van der Waals surface area contributed by atoms with Crippen molar-refractivity contribution in [3.8, 4) is 5.75 Å². The molecule has 2 rings (SSSR count). The number of aliphatic hydroxyl groups is 1. The van der Waals surface area contributed by atoms with E-state index < -0.39 is 0 Å². The molecule has 0 aromatic heterocycles. The Balaban J connectivity index is 1.72. The summed E-state index contributed by atoms with van der Waals surface area (Å²) in [7, 11) is 0. The van der Waals surface area contributed by atoms with Crippen LogP contribution in [0.4, 0.5) is 0 Å². The van der Waals surface area contributed by atoms with Gasteiger partial charge in [-0.1, -0.05) is 24.3 Å². The van der Waals surface area contributed by atoms with Crippen molar-refractivity contribution in [2.75, 3.05) is 13.2 Å². The highest BCUT2D eigenvalue weighted by molar-refractivity contribution is 5.76. The summed E-state index contributed by atoms with van der Waals surface area (Å²) in [5.41, 5.74) is 1.13. The summed E-state index contributed by atoms with van der Waals surface area (Å²) in [6.45, 7) is 2.76. The van der Waals surface area contributed by atoms with Gasteiger partial charge in [0.25, 0.3) is 0 Å². The second kappa shape index (κ2) is 7.84. The highest BCUT2D eigenvalue weighted by Gasteiger charge is 2.19. The van der Waals surface area contributed by atoms with Crippen molar-refractivity contribution >= 4 is 5.91 Å². The molecule has 0 saturated carbocycles. The highest BCUT2D eigenvalue weighted by Crippen LogP contribution is 2.17. The average molecular weight is 289 g/mol. The standard InChI is InChI=1S/C17H23NO3/c1-2-21-16-8-4-13(5-9-16)6-10-17(20)18-15-7-3-14(11-15)12-19/h3-5,7-9,14-15,19H,2,6,10-12H2,1H3,(H,18,20)/t14-,15+/m0/s1. The monoisotopic (exact) mass is 289 g/mol. The summed E-state index contributed by atoms with van der Waals surface area (Å²) in [5.74, 6) is 1.09. The second-order valence-electron chi connectivity index (χ2n) is 5.31. The molecule has 2 N–H and O–H groups in total. The van der Waals surface area contributed by atoms with E-state index in [1.54, 1.807) is 0 Å². The maximum Gasteiger partial charge on any atom is 0.220 e. The molecule has 4 nitrogen and oxygen atoms in total. The number of hydrogen-bond donors (Lipinski definition) is 2. The number of rotatable bonds is 7. The minimum Gasteiger partial charge on any atom is -0.494 e. The smallest absolute Gasteiger partial charge is 0.220 e. The fourth-order valence-corrected chi connectivity index (χ4v) is 2.47. The van der Waals surface area contributed by atoms with E-state index in [0.29, 0.717) is 13.0 Å². The number of hydrogen-bond acceptors (Lipinski definition) is 3. The van der Waals surface area contributed by atoms with Gasteiger partial charge in [-0.3, -0.25) is 4.79 Å². The Morgan fingerprint density at radius 3 is 2.71 bits per heavy atom. The largest absolute Gasteiger partial charge is 0.494 e. The first kappa shape index (κ1) is 15.6. The molecule has 0 spiro atoms. The lowest BCUT2D eigenvalue weighted by Gasteiger charge is -2.12. The lowest BCUT2D eigenvalue weighted by Crippen LogP contribution is -2.33. The molecule has 0 radical (unpaired) electrons. The molecule has 1 aromatic carbocycles. The Labute approximate surface area is 125 Å². The van der Waals surface area contributed by atoms with Crippen molar-refractivity contribution in [3.63, 3.8) is 0 Å². The van der Waals surface area contributed by atoms with Crippen LogP contribution in [0.1, 0.15) is 25.3 Å². The van der Waals surface area contributed by atoms with Crippen molar-refractivity contribution in [2.45, 2.75) is 32.2 Å². The number of ether oxygens (including phenoxy) is 1. The van der Waals surface area contributed by atoms with Gasteiger partial charge in [-0.2, -0.15) is 0 Å². The van der Waals surface area contributed by atoms with Gasteiger partial charge in [-0.15, -0.1) is 0 Å². The van der Waals surface area contributed by atoms with E-state index in [2.05, 4.69) is 5.32 Å². The average Bonchev–Trinajstić information content (AvgIpc) is 2.94. The van der Waals surface area contributed by atoms with Gasteiger partial charge in [-0.05, 0) is 37.5 Å². The van der Waals surface area contributed by atoms with Gasteiger partial charge in [-0.25, -0.2) is 0 Å². The van der Waals surface area contributed by atoms with Crippen molar-refractivity contribution in [3.05, 3.63) is 42.0 Å². The van der Waals surface area contributed by atoms with Crippen LogP contribution in [0.3, 0.4) is 0 Å². The fraction of sp³-hybridized carbons (Fsp3) is 0.471. The Morgan fingerprint density at radius 1 is 1.33 bits per heavy atom. The Kier molecular flexibility index (Phi) is 5.81. The molecule has 1 amide bonds. The van der Waals surface area contributed by atoms with Gasteiger partial charge in [0.15, 0.2) is 0 Å². The molecule has 1 aliphatic rings. The highest BCUT2D eigenvalue weighted by atomic mass is 16.5. The van der Waals surface area contributed by atoms with E-state index in [0.717, 1.165) is 24.2 Å². The van der Waals surface area contributed by atoms with Crippen molar-refractivity contribution in [1.82, 2.24) is 5.32 Å². The first-order valence-corrected chi connectivity index (χ1v) is 7.51. The second-order valence-corrected chi connectivity index (χ2v) is 5.31. The molecular formula is C17H23NO3. The molecule has 1 aliphatic carbocycles. The lowest BCUT2D eigenvalue weighted by molar-refractivity contribution is -0.121. The molecule has 0 bridgehead atoms. The first-order valence-electron chi connectivity index (χ1n) is 7.51. The quantitative estimate of drug-likeness (QED) is 0.756. The van der Waals surface area contributed by atoms with E-state index in [4.69, 9.17) is 9.84 Å². The number of benzene rings is 1. The van der Waals surface area contributed by atoms with Crippen LogP contribution in [0.5, 0.6) is 5.75 Å². The summed E-state index contributed by atoms with van der Waals surface area (Å²) in [6, 6.07) is 7.92. The Morgan fingerprint density at radius 2 is 2.10 bits per heavy atom. The topological polar surface area (TPSA) is 58.6 Å². The minimum atomic E-state index is 0.0529. The van der Waals surface area contributed by atoms with Crippen LogP contribution < -0.4 is 10.1 Å². The van der Waals surface area contributed by atoms with E-state index in [1.807, 2.05) is 43.3 Å². The zero-order valence-corrected chi connectivity index (χ0v) is 12.4. The van der Waals surface area contributed by atoms with Crippen molar-refractivity contribution < 1.29 is 14.6 Å². The van der Waals surface area contributed by atoms with Gasteiger partial charge < -0.3 is 15.2 Å². The molecule has 0 heterocycles. The summed E-state index contributed by atoms with van der Waals surface area (Å²) >= 11 is 0. The third kappa shape index (κ3) is 4.90. The third-order valence-corrected chi connectivity index (χ3v) is 3.63. The Bertz CT molecular complexity index is 481. The van der Waals surface area contributed by atoms with Gasteiger partial charge in [0, 0.05) is 25.0 Å². The molecule has 114 valence electrons. The maximum absolute atomic E-state index is 11.9. The normalized spacial score (nSPS) is 20.5. The van der Waals surface area contributed by atoms with Crippen LogP contribution in [-0.2, 0) is 11.2 Å². The predicted octanol–water partition coefficient (Wildman–Crippen LogP) is 2.07. The molecular weight excluding hydrogens is 266 g/mol. The van der Waals surface area contributed by atoms with Gasteiger partial charge >= 0.3 is 0 Å². The first-order chi connectivity index (χ1) is 10.2. The van der Waals surface area contributed by atoms with Crippen LogP contribution >= 0.6 is 0 Å². The molecule has 2 atom stereocenters. The van der Waals surface area contributed by atoms with Crippen LogP contribution in [0.15, 0.2) is 36.4 Å². The van der Waals surface area contributed by atoms with E-state index >= 15 is 0 Å². The summed E-state index contributed by atoms with van der Waals surface area (Å²) in [5, 5.41) is 12.0. The Hall–Kier alpha value is -1.81. The number of carbonyl (C=O) groups is 1. The van der Waals surface area contributed by atoms with Gasteiger partial charge in [0.05, 0.1) is 6.61 Å². The van der Waals surface area contributed by atoms with Crippen molar-refractivity contribution in [1.29, 1.82) is 0 Å². The molecule has 21 heavy (non-hydrogen) atoms. The van der Waals surface area contributed by atoms with E-state index in [1.165, 1.54) is 0 Å². The lowest BCUT2D eigenvalue weighted by atomic mass is 10.1. The summed E-state index contributed by atoms with van der Waals surface area (Å²) in [4.78, 5) is 11.9. The molecule has 0 fully saturated rings. The number of amides is 1. The summed E-state index contributed by atoms with van der Waals surface area (Å²) in [6.07, 6.45) is 5.93. The van der Waals surface area contributed by atoms with E-state index in [9.17, 15) is 4.79 Å². The van der Waals surface area contributed by atoms with Crippen LogP contribution in [0.25, 0.3) is 0 Å². The SMILES string of the molecule is CCOc1ccc(CCC(=O)N[C@@H]2C=C[C@H](CO)C2)cc1. The zero-order valence-electron chi connectivity index (χ0n) is 12.4.